The number of aromatic nitrogens is 1. The molecule has 16 heavy (non-hydrogen) atoms. The first-order valence-corrected chi connectivity index (χ1v) is 6.43. The Bertz CT molecular complexity index is 342. The molecule has 2 nitrogen and oxygen atoms in total. The van der Waals surface area contributed by atoms with E-state index in [9.17, 15) is 0 Å². The van der Waals surface area contributed by atoms with Crippen LogP contribution in [0.3, 0.4) is 0 Å². The Morgan fingerprint density at radius 2 is 2.31 bits per heavy atom. The summed E-state index contributed by atoms with van der Waals surface area (Å²) in [6, 6.07) is 1.98. The van der Waals surface area contributed by atoms with E-state index in [2.05, 4.69) is 17.2 Å². The predicted octanol–water partition coefficient (Wildman–Crippen LogP) is 3.40. The Balaban J connectivity index is 1.82. The molecule has 0 atom stereocenters. The summed E-state index contributed by atoms with van der Waals surface area (Å²) in [6.45, 7) is 4.26. The molecule has 0 radical (unpaired) electrons. The molecular formula is C13H19ClN2. The van der Waals surface area contributed by atoms with Crippen molar-refractivity contribution in [2.45, 2.75) is 39.2 Å². The van der Waals surface area contributed by atoms with Crippen LogP contribution in [-0.4, -0.2) is 11.5 Å². The second-order valence-electron chi connectivity index (χ2n) is 4.78. The number of halogens is 1. The zero-order valence-electron chi connectivity index (χ0n) is 9.80. The highest BCUT2D eigenvalue weighted by atomic mass is 35.5. The average molecular weight is 239 g/mol. The van der Waals surface area contributed by atoms with Gasteiger partial charge in [-0.25, -0.2) is 0 Å². The number of hydrogen-bond donors (Lipinski definition) is 1. The van der Waals surface area contributed by atoms with Gasteiger partial charge in [-0.05, 0) is 36.3 Å². The van der Waals surface area contributed by atoms with E-state index < -0.39 is 0 Å². The number of nitrogens with one attached hydrogen (secondary N) is 1. The minimum absolute atomic E-state index is 0.569. The maximum Gasteiger partial charge on any atom is 0.0634 e. The van der Waals surface area contributed by atoms with Crippen LogP contribution < -0.4 is 5.32 Å². The zero-order valence-corrected chi connectivity index (χ0v) is 10.6. The van der Waals surface area contributed by atoms with Gasteiger partial charge in [-0.1, -0.05) is 24.9 Å². The monoisotopic (exact) mass is 238 g/mol. The van der Waals surface area contributed by atoms with Crippen molar-refractivity contribution < 1.29 is 0 Å². The number of nitrogens with zero attached hydrogens (tertiary/aromatic N) is 1. The van der Waals surface area contributed by atoms with E-state index in [1.807, 2.05) is 6.07 Å². The molecule has 1 aliphatic rings. The molecule has 88 valence electrons. The highest BCUT2D eigenvalue weighted by molar-refractivity contribution is 6.31. The molecule has 0 saturated heterocycles. The van der Waals surface area contributed by atoms with Crippen LogP contribution in [0.5, 0.6) is 0 Å². The van der Waals surface area contributed by atoms with Gasteiger partial charge < -0.3 is 5.32 Å². The molecule has 1 fully saturated rings. The van der Waals surface area contributed by atoms with Gasteiger partial charge in [0, 0.05) is 25.5 Å². The van der Waals surface area contributed by atoms with Crippen molar-refractivity contribution in [1.82, 2.24) is 10.3 Å². The second-order valence-corrected chi connectivity index (χ2v) is 5.18. The number of rotatable bonds is 5. The lowest BCUT2D eigenvalue weighted by molar-refractivity contribution is 0.124. The molecule has 1 N–H and O–H groups in total. The van der Waals surface area contributed by atoms with E-state index in [1.54, 1.807) is 12.4 Å². The minimum Gasteiger partial charge on any atom is -0.312 e. The first-order chi connectivity index (χ1) is 7.76. The summed E-state index contributed by atoms with van der Waals surface area (Å²) in [5, 5.41) is 4.28. The molecular weight excluding hydrogens is 220 g/mol. The molecule has 1 saturated carbocycles. The molecule has 0 bridgehead atoms. The number of pyridine rings is 1. The van der Waals surface area contributed by atoms with Crippen LogP contribution in [0.15, 0.2) is 18.5 Å². The molecule has 0 aromatic carbocycles. The van der Waals surface area contributed by atoms with Gasteiger partial charge in [-0.15, -0.1) is 0 Å². The summed E-state index contributed by atoms with van der Waals surface area (Å²) in [5.74, 6) is 0. The van der Waals surface area contributed by atoms with Gasteiger partial charge in [0.2, 0.25) is 0 Å². The van der Waals surface area contributed by atoms with Gasteiger partial charge in [0.1, 0.15) is 0 Å². The molecule has 1 aromatic heterocycles. The highest BCUT2D eigenvalue weighted by Gasteiger charge is 2.34. The summed E-state index contributed by atoms with van der Waals surface area (Å²) in [6.07, 6.45) is 8.93. The fourth-order valence-corrected chi connectivity index (χ4v) is 2.53. The fraction of sp³-hybridized carbons (Fsp3) is 0.615. The van der Waals surface area contributed by atoms with Crippen molar-refractivity contribution in [2.24, 2.45) is 5.41 Å². The van der Waals surface area contributed by atoms with Crippen molar-refractivity contribution in [1.29, 1.82) is 0 Å². The van der Waals surface area contributed by atoms with E-state index in [0.717, 1.165) is 23.7 Å². The van der Waals surface area contributed by atoms with Crippen molar-refractivity contribution in [2.75, 3.05) is 6.54 Å². The first-order valence-electron chi connectivity index (χ1n) is 6.05. The lowest BCUT2D eigenvalue weighted by Gasteiger charge is -2.41. The topological polar surface area (TPSA) is 24.9 Å². The van der Waals surface area contributed by atoms with E-state index >= 15 is 0 Å². The highest BCUT2D eigenvalue weighted by Crippen LogP contribution is 2.43. The molecule has 2 rings (SSSR count). The third-order valence-electron chi connectivity index (χ3n) is 3.84. The number of hydrogen-bond acceptors (Lipinski definition) is 2. The third-order valence-corrected chi connectivity index (χ3v) is 4.18. The van der Waals surface area contributed by atoms with Crippen LogP contribution in [0.4, 0.5) is 0 Å². The van der Waals surface area contributed by atoms with Gasteiger partial charge in [-0.3, -0.25) is 4.98 Å². The van der Waals surface area contributed by atoms with Crippen LogP contribution in [-0.2, 0) is 6.54 Å². The van der Waals surface area contributed by atoms with Crippen molar-refractivity contribution >= 4 is 11.6 Å². The van der Waals surface area contributed by atoms with Crippen LogP contribution in [0, 0.1) is 5.41 Å². The van der Waals surface area contributed by atoms with Gasteiger partial charge in [0.15, 0.2) is 0 Å². The van der Waals surface area contributed by atoms with E-state index in [0.29, 0.717) is 5.41 Å². The third kappa shape index (κ3) is 2.55. The lowest BCUT2D eigenvalue weighted by atomic mass is 9.67. The zero-order chi connectivity index (χ0) is 11.4. The fourth-order valence-electron chi connectivity index (χ4n) is 2.34. The SMILES string of the molecule is CCC1(CNCc2ccncc2Cl)CCC1. The van der Waals surface area contributed by atoms with Crippen LogP contribution >= 0.6 is 11.6 Å². The van der Waals surface area contributed by atoms with Crippen LogP contribution in [0.25, 0.3) is 0 Å². The minimum atomic E-state index is 0.569. The van der Waals surface area contributed by atoms with E-state index in [-0.39, 0.29) is 0 Å². The first kappa shape index (κ1) is 11.9. The summed E-state index contributed by atoms with van der Waals surface area (Å²) in [5.41, 5.74) is 1.71. The normalized spacial score (nSPS) is 18.1. The Morgan fingerprint density at radius 1 is 1.50 bits per heavy atom. The summed E-state index contributed by atoms with van der Waals surface area (Å²) in [7, 11) is 0. The van der Waals surface area contributed by atoms with Crippen LogP contribution in [0.2, 0.25) is 5.02 Å². The Hall–Kier alpha value is -0.600. The van der Waals surface area contributed by atoms with E-state index in [4.69, 9.17) is 11.6 Å². The molecule has 1 heterocycles. The Morgan fingerprint density at radius 3 is 2.88 bits per heavy atom. The van der Waals surface area contributed by atoms with Crippen molar-refractivity contribution in [3.8, 4) is 0 Å². The summed E-state index contributed by atoms with van der Waals surface area (Å²) >= 11 is 6.05. The standard InChI is InChI=1S/C13H19ClN2/c1-2-13(5-3-6-13)10-16-8-11-4-7-15-9-12(11)14/h4,7,9,16H,2-3,5-6,8,10H2,1H3. The molecule has 0 amide bonds. The summed E-state index contributed by atoms with van der Waals surface area (Å²) in [4.78, 5) is 3.99. The quantitative estimate of drug-likeness (QED) is 0.851. The molecule has 1 aromatic rings. The Labute approximate surface area is 102 Å². The van der Waals surface area contributed by atoms with Crippen molar-refractivity contribution in [3.05, 3.63) is 29.0 Å². The van der Waals surface area contributed by atoms with Gasteiger partial charge in [0.25, 0.3) is 0 Å². The predicted molar refractivity (Wildman–Crippen MR) is 67.5 cm³/mol. The largest absolute Gasteiger partial charge is 0.312 e. The van der Waals surface area contributed by atoms with Crippen LogP contribution in [0.1, 0.15) is 38.2 Å². The average Bonchev–Trinajstić information content (AvgIpc) is 2.25. The maximum atomic E-state index is 6.05. The van der Waals surface area contributed by atoms with Gasteiger partial charge in [-0.2, -0.15) is 0 Å². The van der Waals surface area contributed by atoms with Gasteiger partial charge in [0.05, 0.1) is 5.02 Å². The maximum absolute atomic E-state index is 6.05. The van der Waals surface area contributed by atoms with Gasteiger partial charge >= 0.3 is 0 Å². The summed E-state index contributed by atoms with van der Waals surface area (Å²) < 4.78 is 0. The lowest BCUT2D eigenvalue weighted by Crippen LogP contribution is -2.39. The molecule has 0 aliphatic heterocycles. The molecule has 3 heteroatoms. The molecule has 1 aliphatic carbocycles. The Kier molecular flexibility index (Phi) is 3.82. The van der Waals surface area contributed by atoms with Crippen molar-refractivity contribution in [3.63, 3.8) is 0 Å². The molecule has 0 spiro atoms. The second kappa shape index (κ2) is 5.15. The smallest absolute Gasteiger partial charge is 0.0634 e. The van der Waals surface area contributed by atoms with E-state index in [1.165, 1.54) is 25.7 Å². The molecule has 0 unspecified atom stereocenters.